The highest BCUT2D eigenvalue weighted by molar-refractivity contribution is 5.33. The maximum atomic E-state index is 13.5. The summed E-state index contributed by atoms with van der Waals surface area (Å²) < 4.78 is 19.2. The molecule has 0 aromatic heterocycles. The SMILES string of the molecule is OCCNCc1ccccc1OCc1ccccc1F.[Cl-]. The zero-order valence-corrected chi connectivity index (χ0v) is 12.3. The van der Waals surface area contributed by atoms with Gasteiger partial charge >= 0.3 is 0 Å². The van der Waals surface area contributed by atoms with Crippen molar-refractivity contribution in [2.45, 2.75) is 13.2 Å². The van der Waals surface area contributed by atoms with E-state index in [-0.39, 0.29) is 31.4 Å². The number of nitrogens with one attached hydrogen (secondary N) is 1. The molecule has 2 N–H and O–H groups in total. The largest absolute Gasteiger partial charge is 1.00 e. The van der Waals surface area contributed by atoms with Gasteiger partial charge in [-0.1, -0.05) is 36.4 Å². The zero-order chi connectivity index (χ0) is 14.2. The minimum atomic E-state index is -0.261. The molecule has 0 unspecified atom stereocenters. The van der Waals surface area contributed by atoms with E-state index in [1.807, 2.05) is 24.3 Å². The average molecular weight is 311 g/mol. The van der Waals surface area contributed by atoms with E-state index in [0.29, 0.717) is 18.7 Å². The van der Waals surface area contributed by atoms with Crippen LogP contribution >= 0.6 is 0 Å². The van der Waals surface area contributed by atoms with Crippen LogP contribution in [0.1, 0.15) is 11.1 Å². The van der Waals surface area contributed by atoms with Crippen molar-refractivity contribution in [3.05, 3.63) is 65.5 Å². The second kappa shape index (κ2) is 9.34. The molecule has 21 heavy (non-hydrogen) atoms. The topological polar surface area (TPSA) is 41.5 Å². The first-order valence-corrected chi connectivity index (χ1v) is 6.57. The maximum Gasteiger partial charge on any atom is 0.129 e. The number of hydrogen-bond donors (Lipinski definition) is 2. The summed E-state index contributed by atoms with van der Waals surface area (Å²) in [6.07, 6.45) is 0. The van der Waals surface area contributed by atoms with Gasteiger partial charge in [0.2, 0.25) is 0 Å². The zero-order valence-electron chi connectivity index (χ0n) is 11.6. The Hall–Kier alpha value is -1.62. The van der Waals surface area contributed by atoms with E-state index >= 15 is 0 Å². The van der Waals surface area contributed by atoms with Crippen LogP contribution in [0, 0.1) is 5.82 Å². The standard InChI is InChI=1S/C16H18FNO2.ClH/c17-15-7-3-1-6-14(15)12-20-16-8-4-2-5-13(16)11-18-9-10-19;/h1-8,18-19H,9-12H2;1H/p-1. The molecule has 2 rings (SSSR count). The van der Waals surface area contributed by atoms with E-state index in [1.54, 1.807) is 18.2 Å². The molecule has 0 bridgehead atoms. The predicted octanol–water partition coefficient (Wildman–Crippen LogP) is -0.509. The molecule has 2 aromatic rings. The number of halogens is 2. The third-order valence-corrected chi connectivity index (χ3v) is 2.92. The van der Waals surface area contributed by atoms with Gasteiger partial charge in [-0.05, 0) is 12.1 Å². The molecular formula is C16H18ClFNO2-. The van der Waals surface area contributed by atoms with Crippen LogP contribution in [0.4, 0.5) is 4.39 Å². The van der Waals surface area contributed by atoms with Crippen molar-refractivity contribution in [2.75, 3.05) is 13.2 Å². The van der Waals surface area contributed by atoms with E-state index in [9.17, 15) is 4.39 Å². The molecule has 0 saturated carbocycles. The van der Waals surface area contributed by atoms with Crippen molar-refractivity contribution in [1.82, 2.24) is 5.32 Å². The molecule has 3 nitrogen and oxygen atoms in total. The molecular weight excluding hydrogens is 293 g/mol. The monoisotopic (exact) mass is 310 g/mol. The Morgan fingerprint density at radius 1 is 1.00 bits per heavy atom. The van der Waals surface area contributed by atoms with Crippen LogP contribution in [0.5, 0.6) is 5.75 Å². The molecule has 0 radical (unpaired) electrons. The molecule has 0 aliphatic rings. The summed E-state index contributed by atoms with van der Waals surface area (Å²) in [6.45, 7) is 1.43. The number of rotatable bonds is 7. The second-order valence-electron chi connectivity index (χ2n) is 4.39. The van der Waals surface area contributed by atoms with Gasteiger partial charge in [0, 0.05) is 24.2 Å². The van der Waals surface area contributed by atoms with Crippen molar-refractivity contribution in [2.24, 2.45) is 0 Å². The summed E-state index contributed by atoms with van der Waals surface area (Å²) in [5.74, 6) is 0.463. The smallest absolute Gasteiger partial charge is 0.129 e. The number of benzene rings is 2. The van der Waals surface area contributed by atoms with Crippen molar-refractivity contribution in [3.63, 3.8) is 0 Å². The first-order chi connectivity index (χ1) is 9.81. The second-order valence-corrected chi connectivity index (χ2v) is 4.39. The Kier molecular flexibility index (Phi) is 7.75. The minimum Gasteiger partial charge on any atom is -1.00 e. The van der Waals surface area contributed by atoms with Crippen LogP contribution in [-0.4, -0.2) is 18.3 Å². The molecule has 0 atom stereocenters. The normalized spacial score (nSPS) is 10.0. The molecule has 0 fully saturated rings. The molecule has 0 aliphatic carbocycles. The lowest BCUT2D eigenvalue weighted by atomic mass is 10.2. The number of aliphatic hydroxyl groups is 1. The van der Waals surface area contributed by atoms with Gasteiger partial charge in [0.15, 0.2) is 0 Å². The summed E-state index contributed by atoms with van der Waals surface area (Å²) in [5.41, 5.74) is 1.52. The minimum absolute atomic E-state index is 0. The Bertz CT molecular complexity index is 551. The Morgan fingerprint density at radius 3 is 2.38 bits per heavy atom. The van der Waals surface area contributed by atoms with Crippen molar-refractivity contribution >= 4 is 0 Å². The summed E-state index contributed by atoms with van der Waals surface area (Å²) in [5, 5.41) is 11.9. The highest BCUT2D eigenvalue weighted by Gasteiger charge is 2.05. The molecule has 2 aromatic carbocycles. The van der Waals surface area contributed by atoms with Gasteiger partial charge in [-0.15, -0.1) is 0 Å². The van der Waals surface area contributed by atoms with Gasteiger partial charge in [0.05, 0.1) is 6.61 Å². The number of aliphatic hydroxyl groups excluding tert-OH is 1. The fourth-order valence-electron chi connectivity index (χ4n) is 1.86. The quantitative estimate of drug-likeness (QED) is 0.677. The fourth-order valence-corrected chi connectivity index (χ4v) is 1.86. The number of hydrogen-bond acceptors (Lipinski definition) is 3. The van der Waals surface area contributed by atoms with E-state index in [0.717, 1.165) is 11.3 Å². The van der Waals surface area contributed by atoms with Gasteiger partial charge < -0.3 is 27.6 Å². The van der Waals surface area contributed by atoms with Crippen LogP contribution in [0.25, 0.3) is 0 Å². The lowest BCUT2D eigenvalue weighted by Crippen LogP contribution is -3.00. The van der Waals surface area contributed by atoms with E-state index in [2.05, 4.69) is 5.32 Å². The Morgan fingerprint density at radius 2 is 1.67 bits per heavy atom. The molecule has 0 amide bonds. The first-order valence-electron chi connectivity index (χ1n) is 6.57. The van der Waals surface area contributed by atoms with E-state index in [4.69, 9.17) is 9.84 Å². The highest BCUT2D eigenvalue weighted by atomic mass is 35.5. The summed E-state index contributed by atoms with van der Waals surface area (Å²) in [7, 11) is 0. The fraction of sp³-hybridized carbons (Fsp3) is 0.250. The molecule has 0 saturated heterocycles. The van der Waals surface area contributed by atoms with Crippen LogP contribution in [0.3, 0.4) is 0 Å². The van der Waals surface area contributed by atoms with Crippen LogP contribution < -0.4 is 22.5 Å². The molecule has 0 spiro atoms. The van der Waals surface area contributed by atoms with Gasteiger partial charge in [0.1, 0.15) is 18.2 Å². The third-order valence-electron chi connectivity index (χ3n) is 2.92. The molecule has 0 heterocycles. The van der Waals surface area contributed by atoms with Gasteiger partial charge in [-0.3, -0.25) is 0 Å². The maximum absolute atomic E-state index is 13.5. The number of para-hydroxylation sites is 1. The van der Waals surface area contributed by atoms with Crippen LogP contribution in [-0.2, 0) is 13.2 Å². The van der Waals surface area contributed by atoms with Crippen LogP contribution in [0.15, 0.2) is 48.5 Å². The molecule has 114 valence electrons. The lowest BCUT2D eigenvalue weighted by Gasteiger charge is -2.12. The van der Waals surface area contributed by atoms with Crippen molar-refractivity contribution in [3.8, 4) is 5.75 Å². The number of ether oxygens (including phenoxy) is 1. The average Bonchev–Trinajstić information content (AvgIpc) is 2.48. The first kappa shape index (κ1) is 17.4. The highest BCUT2D eigenvalue weighted by Crippen LogP contribution is 2.19. The van der Waals surface area contributed by atoms with Crippen molar-refractivity contribution in [1.29, 1.82) is 0 Å². The third kappa shape index (κ3) is 5.34. The van der Waals surface area contributed by atoms with Gasteiger partial charge in [-0.25, -0.2) is 4.39 Å². The van der Waals surface area contributed by atoms with Gasteiger partial charge in [-0.2, -0.15) is 0 Å². The van der Waals surface area contributed by atoms with Crippen LogP contribution in [0.2, 0.25) is 0 Å². The summed E-state index contributed by atoms with van der Waals surface area (Å²) in [6, 6.07) is 14.2. The lowest BCUT2D eigenvalue weighted by molar-refractivity contribution is -0.00000610. The van der Waals surface area contributed by atoms with Gasteiger partial charge in [0.25, 0.3) is 0 Å². The summed E-state index contributed by atoms with van der Waals surface area (Å²) in [4.78, 5) is 0. The van der Waals surface area contributed by atoms with Crippen molar-refractivity contribution < 1.29 is 26.6 Å². The molecule has 0 aliphatic heterocycles. The van der Waals surface area contributed by atoms with E-state index in [1.165, 1.54) is 6.07 Å². The summed E-state index contributed by atoms with van der Waals surface area (Å²) >= 11 is 0. The van der Waals surface area contributed by atoms with E-state index < -0.39 is 0 Å². The predicted molar refractivity (Wildman–Crippen MR) is 76.0 cm³/mol. The Balaban J connectivity index is 0.00000220. The Labute approximate surface area is 130 Å². The molecule has 5 heteroatoms.